The fourth-order valence-electron chi connectivity index (χ4n) is 2.69. The van der Waals surface area contributed by atoms with E-state index in [1.807, 2.05) is 18.2 Å². The highest BCUT2D eigenvalue weighted by atomic mass is 35.5. The Labute approximate surface area is 131 Å². The monoisotopic (exact) mass is 307 g/mol. The lowest BCUT2D eigenvalue weighted by molar-refractivity contribution is -0.131. The summed E-state index contributed by atoms with van der Waals surface area (Å²) >= 11 is 6.36. The predicted molar refractivity (Wildman–Crippen MR) is 88.0 cm³/mol. The van der Waals surface area contributed by atoms with E-state index in [-0.39, 0.29) is 0 Å². The maximum atomic E-state index is 10.5. The average molecular weight is 308 g/mol. The maximum Gasteiger partial charge on any atom is 0.328 e. The van der Waals surface area contributed by atoms with Gasteiger partial charge < -0.3 is 10.0 Å². The molecule has 1 aliphatic heterocycles. The molecule has 21 heavy (non-hydrogen) atoms. The van der Waals surface area contributed by atoms with Crippen molar-refractivity contribution in [2.75, 3.05) is 18.0 Å². The minimum Gasteiger partial charge on any atom is -0.478 e. The van der Waals surface area contributed by atoms with Gasteiger partial charge in [-0.3, -0.25) is 0 Å². The third kappa shape index (κ3) is 4.01. The molecule has 1 saturated heterocycles. The maximum absolute atomic E-state index is 10.5. The average Bonchev–Trinajstić information content (AvgIpc) is 2.46. The summed E-state index contributed by atoms with van der Waals surface area (Å²) in [7, 11) is 0. The molecule has 0 saturated carbocycles. The minimum atomic E-state index is -0.954. The highest BCUT2D eigenvalue weighted by Crippen LogP contribution is 2.37. The lowest BCUT2D eigenvalue weighted by Crippen LogP contribution is -2.38. The molecule has 3 nitrogen and oxygen atoms in total. The van der Waals surface area contributed by atoms with Gasteiger partial charge >= 0.3 is 5.97 Å². The van der Waals surface area contributed by atoms with Crippen LogP contribution in [0.4, 0.5) is 5.69 Å². The van der Waals surface area contributed by atoms with Gasteiger partial charge in [-0.2, -0.15) is 0 Å². The third-order valence-corrected chi connectivity index (χ3v) is 4.86. The zero-order chi connectivity index (χ0) is 15.5. The van der Waals surface area contributed by atoms with Crippen LogP contribution in [0.2, 0.25) is 5.02 Å². The summed E-state index contributed by atoms with van der Waals surface area (Å²) < 4.78 is 0. The van der Waals surface area contributed by atoms with Crippen LogP contribution >= 0.6 is 11.6 Å². The highest BCUT2D eigenvalue weighted by molar-refractivity contribution is 6.33. The van der Waals surface area contributed by atoms with Crippen molar-refractivity contribution in [2.24, 2.45) is 5.41 Å². The van der Waals surface area contributed by atoms with Crippen LogP contribution in [-0.4, -0.2) is 24.2 Å². The van der Waals surface area contributed by atoms with Gasteiger partial charge in [0, 0.05) is 19.2 Å². The van der Waals surface area contributed by atoms with Crippen molar-refractivity contribution in [1.82, 2.24) is 0 Å². The van der Waals surface area contributed by atoms with E-state index in [0.29, 0.717) is 10.4 Å². The Bertz CT molecular complexity index is 546. The number of benzene rings is 1. The van der Waals surface area contributed by atoms with Crippen molar-refractivity contribution in [3.8, 4) is 0 Å². The zero-order valence-electron chi connectivity index (χ0n) is 12.6. The first-order chi connectivity index (χ1) is 9.93. The smallest absolute Gasteiger partial charge is 0.328 e. The molecule has 0 spiro atoms. The van der Waals surface area contributed by atoms with Gasteiger partial charge in [0.05, 0.1) is 10.7 Å². The summed E-state index contributed by atoms with van der Waals surface area (Å²) in [4.78, 5) is 12.9. The van der Waals surface area contributed by atoms with E-state index >= 15 is 0 Å². The van der Waals surface area contributed by atoms with E-state index in [4.69, 9.17) is 16.7 Å². The molecule has 0 aliphatic carbocycles. The van der Waals surface area contributed by atoms with Crippen molar-refractivity contribution in [2.45, 2.75) is 33.1 Å². The minimum absolute atomic E-state index is 0.452. The summed E-state index contributed by atoms with van der Waals surface area (Å²) in [6.45, 7) is 6.65. The number of carbonyl (C=O) groups is 1. The Kier molecular flexibility index (Phi) is 4.94. The van der Waals surface area contributed by atoms with E-state index in [1.54, 1.807) is 6.08 Å². The van der Waals surface area contributed by atoms with E-state index in [9.17, 15) is 4.79 Å². The molecule has 0 unspecified atom stereocenters. The van der Waals surface area contributed by atoms with Crippen molar-refractivity contribution in [3.63, 3.8) is 0 Å². The number of anilines is 1. The molecule has 4 heteroatoms. The molecule has 0 bridgehead atoms. The summed E-state index contributed by atoms with van der Waals surface area (Å²) in [5, 5.41) is 9.33. The number of nitrogens with zero attached hydrogens (tertiary/aromatic N) is 1. The van der Waals surface area contributed by atoms with Crippen LogP contribution in [0, 0.1) is 5.41 Å². The zero-order valence-corrected chi connectivity index (χ0v) is 13.4. The first kappa shape index (κ1) is 15.9. The van der Waals surface area contributed by atoms with Crippen LogP contribution < -0.4 is 4.90 Å². The Morgan fingerprint density at radius 3 is 2.62 bits per heavy atom. The van der Waals surface area contributed by atoms with Crippen molar-refractivity contribution < 1.29 is 9.90 Å². The Balaban J connectivity index is 2.10. The molecule has 1 fully saturated rings. The van der Waals surface area contributed by atoms with Crippen molar-refractivity contribution in [3.05, 3.63) is 34.9 Å². The number of piperidine rings is 1. The Morgan fingerprint density at radius 1 is 1.43 bits per heavy atom. The fourth-order valence-corrected chi connectivity index (χ4v) is 3.00. The number of carboxylic acid groups (broad SMARTS) is 1. The second-order valence-corrected chi connectivity index (χ2v) is 6.44. The molecular weight excluding hydrogens is 286 g/mol. The molecular formula is C17H22ClNO2. The molecule has 1 heterocycles. The largest absolute Gasteiger partial charge is 0.478 e. The lowest BCUT2D eigenvalue weighted by atomic mass is 9.78. The second kappa shape index (κ2) is 6.52. The second-order valence-electron chi connectivity index (χ2n) is 6.03. The Morgan fingerprint density at radius 2 is 2.10 bits per heavy atom. The summed E-state index contributed by atoms with van der Waals surface area (Å²) in [6, 6.07) is 5.72. The highest BCUT2D eigenvalue weighted by Gasteiger charge is 2.28. The standard InChI is InChI=1S/C17H22ClNO2/c1-3-17(2)8-10-19(11-9-17)15-6-4-13(12-14(15)18)5-7-16(20)21/h4-7,12H,3,8-11H2,1-2H3,(H,20,21)/b7-5+. The molecule has 0 aromatic heterocycles. The molecule has 1 N–H and O–H groups in total. The number of hydrogen-bond donors (Lipinski definition) is 1. The van der Waals surface area contributed by atoms with Crippen LogP contribution in [-0.2, 0) is 4.79 Å². The van der Waals surface area contributed by atoms with Gasteiger partial charge in [0.25, 0.3) is 0 Å². The van der Waals surface area contributed by atoms with Crippen molar-refractivity contribution >= 4 is 29.3 Å². The molecule has 0 atom stereocenters. The predicted octanol–water partition coefficient (Wildman–Crippen LogP) is 4.45. The number of rotatable bonds is 4. The van der Waals surface area contributed by atoms with Crippen LogP contribution in [0.25, 0.3) is 6.08 Å². The first-order valence-electron chi connectivity index (χ1n) is 7.39. The van der Waals surface area contributed by atoms with Gasteiger partial charge in [-0.25, -0.2) is 4.79 Å². The third-order valence-electron chi connectivity index (χ3n) is 4.55. The van der Waals surface area contributed by atoms with Crippen molar-refractivity contribution in [1.29, 1.82) is 0 Å². The van der Waals surface area contributed by atoms with Crippen LogP contribution in [0.15, 0.2) is 24.3 Å². The molecule has 1 aromatic carbocycles. The van der Waals surface area contributed by atoms with Gasteiger partial charge in [-0.1, -0.05) is 37.9 Å². The molecule has 0 radical (unpaired) electrons. The molecule has 114 valence electrons. The quantitative estimate of drug-likeness (QED) is 0.835. The molecule has 2 rings (SSSR count). The van der Waals surface area contributed by atoms with E-state index in [0.717, 1.165) is 30.4 Å². The summed E-state index contributed by atoms with van der Waals surface area (Å²) in [5.74, 6) is -0.954. The normalized spacial score (nSPS) is 18.1. The van der Waals surface area contributed by atoms with Crippen LogP contribution in [0.5, 0.6) is 0 Å². The van der Waals surface area contributed by atoms with Crippen LogP contribution in [0.3, 0.4) is 0 Å². The van der Waals surface area contributed by atoms with E-state index in [2.05, 4.69) is 18.7 Å². The summed E-state index contributed by atoms with van der Waals surface area (Å²) in [6.07, 6.45) is 6.26. The molecule has 0 amide bonds. The fraction of sp³-hybridized carbons (Fsp3) is 0.471. The number of halogens is 1. The van der Waals surface area contributed by atoms with Gasteiger partial charge in [-0.05, 0) is 42.0 Å². The van der Waals surface area contributed by atoms with Gasteiger partial charge in [0.2, 0.25) is 0 Å². The Hall–Kier alpha value is -1.48. The van der Waals surface area contributed by atoms with Gasteiger partial charge in [-0.15, -0.1) is 0 Å². The first-order valence-corrected chi connectivity index (χ1v) is 7.77. The number of hydrogen-bond acceptors (Lipinski definition) is 2. The molecule has 1 aliphatic rings. The van der Waals surface area contributed by atoms with E-state index < -0.39 is 5.97 Å². The van der Waals surface area contributed by atoms with Crippen LogP contribution in [0.1, 0.15) is 38.7 Å². The SMILES string of the molecule is CCC1(C)CCN(c2ccc(/C=C/C(=O)O)cc2Cl)CC1. The van der Waals surface area contributed by atoms with Gasteiger partial charge in [0.15, 0.2) is 0 Å². The number of aliphatic carboxylic acids is 1. The van der Waals surface area contributed by atoms with E-state index in [1.165, 1.54) is 19.3 Å². The number of carboxylic acids is 1. The molecule has 1 aromatic rings. The van der Waals surface area contributed by atoms with Gasteiger partial charge in [0.1, 0.15) is 0 Å². The lowest BCUT2D eigenvalue weighted by Gasteiger charge is -2.40. The topological polar surface area (TPSA) is 40.5 Å². The summed E-state index contributed by atoms with van der Waals surface area (Å²) in [5.41, 5.74) is 2.30.